The van der Waals surface area contributed by atoms with Crippen molar-refractivity contribution in [1.82, 2.24) is 34.6 Å². The number of rotatable bonds is 7. The zero-order chi connectivity index (χ0) is 21.8. The van der Waals surface area contributed by atoms with Crippen molar-refractivity contribution in [3.63, 3.8) is 0 Å². The minimum absolute atomic E-state index is 0.248. The van der Waals surface area contributed by atoms with Gasteiger partial charge >= 0.3 is 0 Å². The van der Waals surface area contributed by atoms with E-state index in [-0.39, 0.29) is 11.7 Å². The lowest BCUT2D eigenvalue weighted by molar-refractivity contribution is 0.0946. The van der Waals surface area contributed by atoms with Crippen LogP contribution in [0.4, 0.5) is 10.2 Å². The first-order chi connectivity index (χ1) is 15.0. The number of hydrogen-bond donors (Lipinski definition) is 2. The molecule has 0 saturated heterocycles. The fraction of sp³-hybridized carbons (Fsp3) is 0.190. The van der Waals surface area contributed by atoms with Crippen LogP contribution in [0.2, 0.25) is 0 Å². The average Bonchev–Trinajstić information content (AvgIpc) is 3.37. The fourth-order valence-corrected chi connectivity index (χ4v) is 3.09. The van der Waals surface area contributed by atoms with Crippen LogP contribution in [0.1, 0.15) is 16.3 Å². The molecule has 0 aliphatic heterocycles. The molecular weight excluding hydrogens is 399 g/mol. The first-order valence-electron chi connectivity index (χ1n) is 9.65. The maximum Gasteiger partial charge on any atom is 0.269 e. The van der Waals surface area contributed by atoms with Gasteiger partial charge in [0.15, 0.2) is 0 Å². The molecule has 3 heterocycles. The van der Waals surface area contributed by atoms with Crippen molar-refractivity contribution in [2.24, 2.45) is 7.05 Å². The molecule has 0 saturated carbocycles. The number of nitrogens with zero attached hydrogens (tertiary/aromatic N) is 6. The number of anilines is 1. The summed E-state index contributed by atoms with van der Waals surface area (Å²) in [5.41, 5.74) is 1.76. The van der Waals surface area contributed by atoms with Gasteiger partial charge in [-0.3, -0.25) is 14.0 Å². The van der Waals surface area contributed by atoms with Gasteiger partial charge in [-0.2, -0.15) is 5.10 Å². The van der Waals surface area contributed by atoms with E-state index < -0.39 is 0 Å². The molecule has 0 aliphatic carbocycles. The molecule has 0 fully saturated rings. The Kier molecular flexibility index (Phi) is 5.69. The van der Waals surface area contributed by atoms with Crippen molar-refractivity contribution >= 4 is 11.7 Å². The summed E-state index contributed by atoms with van der Waals surface area (Å²) in [5.74, 6) is 1.61. The van der Waals surface area contributed by atoms with Crippen molar-refractivity contribution in [2.45, 2.75) is 6.92 Å². The molecule has 1 aromatic carbocycles. The molecular formula is C21H21FN8O. The minimum atomic E-state index is -0.318. The van der Waals surface area contributed by atoms with Gasteiger partial charge < -0.3 is 10.6 Å². The maximum atomic E-state index is 13.1. The Hall–Kier alpha value is -4.08. The molecule has 10 heteroatoms. The lowest BCUT2D eigenvalue weighted by atomic mass is 10.1. The predicted octanol–water partition coefficient (Wildman–Crippen LogP) is 2.35. The quantitative estimate of drug-likeness (QED) is 0.445. The van der Waals surface area contributed by atoms with Crippen LogP contribution < -0.4 is 10.6 Å². The van der Waals surface area contributed by atoms with Crippen LogP contribution in [0.3, 0.4) is 0 Å². The number of imidazole rings is 1. The normalized spacial score (nSPS) is 10.8. The van der Waals surface area contributed by atoms with Crippen LogP contribution in [0.15, 0.2) is 55.1 Å². The van der Waals surface area contributed by atoms with Gasteiger partial charge in [0, 0.05) is 44.2 Å². The summed E-state index contributed by atoms with van der Waals surface area (Å²) in [6.45, 7) is 2.76. The molecule has 0 unspecified atom stereocenters. The third-order valence-electron chi connectivity index (χ3n) is 4.69. The van der Waals surface area contributed by atoms with E-state index in [9.17, 15) is 9.18 Å². The van der Waals surface area contributed by atoms with Crippen LogP contribution in [0.5, 0.6) is 0 Å². The monoisotopic (exact) mass is 420 g/mol. The van der Waals surface area contributed by atoms with E-state index in [1.165, 1.54) is 23.1 Å². The maximum absolute atomic E-state index is 13.1. The highest BCUT2D eigenvalue weighted by Crippen LogP contribution is 2.19. The smallest absolute Gasteiger partial charge is 0.269 e. The molecule has 0 spiro atoms. The molecule has 31 heavy (non-hydrogen) atoms. The number of aromatic nitrogens is 6. The second-order valence-electron chi connectivity index (χ2n) is 6.83. The van der Waals surface area contributed by atoms with E-state index in [0.717, 1.165) is 11.4 Å². The highest BCUT2D eigenvalue weighted by atomic mass is 19.1. The highest BCUT2D eigenvalue weighted by molar-refractivity contribution is 5.93. The second kappa shape index (κ2) is 8.74. The van der Waals surface area contributed by atoms with Crippen molar-refractivity contribution in [1.29, 1.82) is 0 Å². The van der Waals surface area contributed by atoms with E-state index in [1.54, 1.807) is 31.4 Å². The Balaban J connectivity index is 1.33. The number of aryl methyl sites for hydroxylation is 2. The van der Waals surface area contributed by atoms with Gasteiger partial charge in [0.2, 0.25) is 0 Å². The Labute approximate surface area is 178 Å². The van der Waals surface area contributed by atoms with E-state index in [0.29, 0.717) is 36.1 Å². The lowest BCUT2D eigenvalue weighted by Gasteiger charge is -2.09. The van der Waals surface area contributed by atoms with Gasteiger partial charge in [0.1, 0.15) is 35.3 Å². The standard InChI is InChI=1S/C21H21FN8O/c1-14-23-9-10-30(14)20-12-19(26-13-27-20)24-7-8-25-21(31)18-11-17(28-29(18)2)15-3-5-16(22)6-4-15/h3-6,9-13H,7-8H2,1-2H3,(H,25,31)(H,24,26,27). The molecule has 9 nitrogen and oxygen atoms in total. The molecule has 4 aromatic rings. The molecule has 4 rings (SSSR count). The first kappa shape index (κ1) is 20.2. The third kappa shape index (κ3) is 4.58. The first-order valence-corrected chi connectivity index (χ1v) is 9.65. The van der Waals surface area contributed by atoms with E-state index in [4.69, 9.17) is 0 Å². The summed E-state index contributed by atoms with van der Waals surface area (Å²) >= 11 is 0. The Morgan fingerprint density at radius 2 is 1.90 bits per heavy atom. The van der Waals surface area contributed by atoms with Gasteiger partial charge in [0.25, 0.3) is 5.91 Å². The van der Waals surface area contributed by atoms with Gasteiger partial charge in [-0.15, -0.1) is 0 Å². The summed E-state index contributed by atoms with van der Waals surface area (Å²) < 4.78 is 16.5. The Morgan fingerprint density at radius 1 is 1.10 bits per heavy atom. The van der Waals surface area contributed by atoms with E-state index in [2.05, 4.69) is 30.7 Å². The summed E-state index contributed by atoms with van der Waals surface area (Å²) in [6.07, 6.45) is 5.01. The molecule has 0 aliphatic rings. The number of halogens is 1. The summed E-state index contributed by atoms with van der Waals surface area (Å²) in [5, 5.41) is 10.4. The van der Waals surface area contributed by atoms with Crippen LogP contribution in [0.25, 0.3) is 17.1 Å². The van der Waals surface area contributed by atoms with Crippen molar-refractivity contribution in [3.8, 4) is 17.1 Å². The summed E-state index contributed by atoms with van der Waals surface area (Å²) in [7, 11) is 1.70. The molecule has 0 bridgehead atoms. The Morgan fingerprint density at radius 3 is 2.65 bits per heavy atom. The molecule has 1 amide bonds. The van der Waals surface area contributed by atoms with Gasteiger partial charge in [-0.25, -0.2) is 19.3 Å². The third-order valence-corrected chi connectivity index (χ3v) is 4.69. The lowest BCUT2D eigenvalue weighted by Crippen LogP contribution is -2.30. The molecule has 2 N–H and O–H groups in total. The predicted molar refractivity (Wildman–Crippen MR) is 113 cm³/mol. The second-order valence-corrected chi connectivity index (χ2v) is 6.83. The van der Waals surface area contributed by atoms with Gasteiger partial charge in [-0.1, -0.05) is 0 Å². The molecule has 158 valence electrons. The SMILES string of the molecule is Cc1nccn1-c1cc(NCCNC(=O)c2cc(-c3ccc(F)cc3)nn2C)ncn1. The number of carbonyl (C=O) groups excluding carboxylic acids is 1. The zero-order valence-corrected chi connectivity index (χ0v) is 17.1. The van der Waals surface area contributed by atoms with E-state index in [1.807, 2.05) is 23.8 Å². The number of nitrogens with one attached hydrogen (secondary N) is 2. The number of amides is 1. The number of hydrogen-bond acceptors (Lipinski definition) is 6. The van der Waals surface area contributed by atoms with Gasteiger partial charge in [0.05, 0.1) is 5.69 Å². The van der Waals surface area contributed by atoms with Crippen molar-refractivity contribution in [2.75, 3.05) is 18.4 Å². The summed E-state index contributed by atoms with van der Waals surface area (Å²) in [4.78, 5) is 25.2. The van der Waals surface area contributed by atoms with Gasteiger partial charge in [-0.05, 0) is 37.3 Å². The number of benzene rings is 1. The molecule has 0 radical (unpaired) electrons. The topological polar surface area (TPSA) is 103 Å². The molecule has 0 atom stereocenters. The largest absolute Gasteiger partial charge is 0.368 e. The molecule has 3 aromatic heterocycles. The minimum Gasteiger partial charge on any atom is -0.368 e. The summed E-state index contributed by atoms with van der Waals surface area (Å²) in [6, 6.07) is 9.48. The average molecular weight is 420 g/mol. The number of carbonyl (C=O) groups is 1. The van der Waals surface area contributed by atoms with Crippen LogP contribution in [-0.2, 0) is 7.05 Å². The fourth-order valence-electron chi connectivity index (χ4n) is 3.09. The van der Waals surface area contributed by atoms with Crippen LogP contribution in [0, 0.1) is 12.7 Å². The highest BCUT2D eigenvalue weighted by Gasteiger charge is 2.14. The van der Waals surface area contributed by atoms with E-state index >= 15 is 0 Å². The zero-order valence-electron chi connectivity index (χ0n) is 17.1. The van der Waals surface area contributed by atoms with Crippen LogP contribution >= 0.6 is 0 Å². The Bertz CT molecular complexity index is 1200. The van der Waals surface area contributed by atoms with Crippen molar-refractivity contribution < 1.29 is 9.18 Å². The van der Waals surface area contributed by atoms with Crippen LogP contribution in [-0.4, -0.2) is 48.3 Å². The van der Waals surface area contributed by atoms with Crippen molar-refractivity contribution in [3.05, 3.63) is 72.5 Å².